The number of hydrogen-bond donors (Lipinski definition) is 1. The Hall–Kier alpha value is -3.86. The number of hydrogen-bond acceptors (Lipinski definition) is 5. The molecular weight excluding hydrogens is 591 g/mol. The SMILES string of the molecule is CNc1cc(-n2ccn(-c3c4c(nn3-c3cc(C)c(F)c(C)c3)CCN(C(=O)OC(C)(C)C)[C@H]4C)c2=O)ccc1Br. The summed E-state index contributed by atoms with van der Waals surface area (Å²) in [6.45, 7) is 11.2. The van der Waals surface area contributed by atoms with Crippen LogP contribution in [0.25, 0.3) is 17.2 Å². The Morgan fingerprint density at radius 2 is 1.76 bits per heavy atom. The van der Waals surface area contributed by atoms with Crippen molar-refractivity contribution in [3.8, 4) is 17.2 Å². The number of anilines is 1. The second kappa shape index (κ2) is 10.5. The summed E-state index contributed by atoms with van der Waals surface area (Å²) in [6, 6.07) is 8.61. The number of aryl methyl sites for hydroxylation is 2. The van der Waals surface area contributed by atoms with Gasteiger partial charge in [-0.2, -0.15) is 5.10 Å². The van der Waals surface area contributed by atoms with E-state index in [0.29, 0.717) is 41.3 Å². The van der Waals surface area contributed by atoms with Crippen molar-refractivity contribution < 1.29 is 13.9 Å². The van der Waals surface area contributed by atoms with E-state index in [1.54, 1.807) is 52.5 Å². The molecule has 0 fully saturated rings. The Kier molecular flexibility index (Phi) is 7.35. The van der Waals surface area contributed by atoms with Crippen LogP contribution in [0.4, 0.5) is 14.9 Å². The molecule has 216 valence electrons. The molecule has 1 aliphatic rings. The zero-order chi connectivity index (χ0) is 29.8. The number of amides is 1. The highest BCUT2D eigenvalue weighted by molar-refractivity contribution is 9.10. The molecule has 2 aromatic carbocycles. The first kappa shape index (κ1) is 28.7. The number of rotatable bonds is 4. The van der Waals surface area contributed by atoms with E-state index in [9.17, 15) is 14.0 Å². The van der Waals surface area contributed by atoms with Crippen LogP contribution in [0.15, 0.2) is 52.0 Å². The number of nitrogens with zero attached hydrogens (tertiary/aromatic N) is 5. The van der Waals surface area contributed by atoms with Crippen molar-refractivity contribution in [3.63, 3.8) is 0 Å². The molecule has 1 aliphatic heterocycles. The molecule has 9 nitrogen and oxygen atoms in total. The summed E-state index contributed by atoms with van der Waals surface area (Å²) in [4.78, 5) is 28.9. The van der Waals surface area contributed by atoms with Crippen LogP contribution in [0.2, 0.25) is 0 Å². The molecule has 4 aromatic rings. The molecule has 0 saturated carbocycles. The topological polar surface area (TPSA) is 86.3 Å². The van der Waals surface area contributed by atoms with Gasteiger partial charge >= 0.3 is 11.8 Å². The van der Waals surface area contributed by atoms with E-state index in [2.05, 4.69) is 21.2 Å². The van der Waals surface area contributed by atoms with Gasteiger partial charge in [0.15, 0.2) is 0 Å². The number of ether oxygens (including phenoxy) is 1. The normalized spacial score (nSPS) is 15.1. The molecule has 0 radical (unpaired) electrons. The number of nitrogens with one attached hydrogen (secondary N) is 1. The van der Waals surface area contributed by atoms with Crippen LogP contribution in [0.1, 0.15) is 56.1 Å². The molecule has 0 bridgehead atoms. The van der Waals surface area contributed by atoms with Gasteiger partial charge in [-0.1, -0.05) is 0 Å². The monoisotopic (exact) mass is 624 g/mol. The quantitative estimate of drug-likeness (QED) is 0.291. The molecule has 0 spiro atoms. The molecule has 0 unspecified atom stereocenters. The maximum absolute atomic E-state index is 14.6. The van der Waals surface area contributed by atoms with E-state index in [4.69, 9.17) is 9.84 Å². The third-order valence-corrected chi connectivity index (χ3v) is 7.94. The standard InChI is InChI=1S/C30H34BrFN6O3/c1-17-14-21(15-18(2)26(17)32)38-27(25-19(3)35(11-10-23(25)34-38)29(40)41-30(4,5)6)37-13-12-36(28(37)39)20-8-9-22(31)24(16-20)33-7/h8-9,12-16,19,33H,10-11H2,1-7H3/t19-/m0/s1. The van der Waals surface area contributed by atoms with Crippen molar-refractivity contribution in [3.05, 3.63) is 85.9 Å². The summed E-state index contributed by atoms with van der Waals surface area (Å²) in [7, 11) is 1.81. The van der Waals surface area contributed by atoms with E-state index in [0.717, 1.165) is 21.4 Å². The van der Waals surface area contributed by atoms with Crippen LogP contribution in [0.5, 0.6) is 0 Å². The van der Waals surface area contributed by atoms with E-state index in [1.165, 1.54) is 4.57 Å². The number of benzene rings is 2. The first-order valence-electron chi connectivity index (χ1n) is 13.5. The second-order valence-corrected chi connectivity index (χ2v) is 12.2. The fourth-order valence-electron chi connectivity index (χ4n) is 5.27. The summed E-state index contributed by atoms with van der Waals surface area (Å²) in [6.07, 6.45) is 3.45. The Morgan fingerprint density at radius 1 is 1.10 bits per heavy atom. The first-order valence-corrected chi connectivity index (χ1v) is 14.3. The Bertz CT molecular complexity index is 1690. The van der Waals surface area contributed by atoms with Crippen LogP contribution in [-0.4, -0.2) is 49.1 Å². The highest BCUT2D eigenvalue weighted by atomic mass is 79.9. The van der Waals surface area contributed by atoms with Crippen LogP contribution in [0.3, 0.4) is 0 Å². The number of carbonyl (C=O) groups is 1. The zero-order valence-corrected chi connectivity index (χ0v) is 25.8. The van der Waals surface area contributed by atoms with Gasteiger partial charge in [-0.25, -0.2) is 18.7 Å². The van der Waals surface area contributed by atoms with Crippen molar-refractivity contribution >= 4 is 27.7 Å². The van der Waals surface area contributed by atoms with Crippen LogP contribution < -0.4 is 11.0 Å². The van der Waals surface area contributed by atoms with Gasteiger partial charge in [0.1, 0.15) is 17.2 Å². The Morgan fingerprint density at radius 3 is 2.39 bits per heavy atom. The third kappa shape index (κ3) is 5.18. The van der Waals surface area contributed by atoms with E-state index < -0.39 is 17.7 Å². The van der Waals surface area contributed by atoms with Crippen LogP contribution in [-0.2, 0) is 11.2 Å². The number of halogens is 2. The van der Waals surface area contributed by atoms with Gasteiger partial charge in [-0.3, -0.25) is 9.13 Å². The van der Waals surface area contributed by atoms with E-state index in [1.807, 2.05) is 52.9 Å². The van der Waals surface area contributed by atoms with Crippen molar-refractivity contribution in [2.75, 3.05) is 18.9 Å². The van der Waals surface area contributed by atoms with Gasteiger partial charge in [-0.15, -0.1) is 0 Å². The maximum Gasteiger partial charge on any atom is 0.410 e. The molecule has 1 N–H and O–H groups in total. The number of fused-ring (bicyclic) bond motifs is 1. The van der Waals surface area contributed by atoms with Crippen LogP contribution in [0, 0.1) is 19.7 Å². The van der Waals surface area contributed by atoms with Gasteiger partial charge < -0.3 is 15.0 Å². The smallest absolute Gasteiger partial charge is 0.410 e. The van der Waals surface area contributed by atoms with Crippen molar-refractivity contribution in [2.45, 2.75) is 59.6 Å². The van der Waals surface area contributed by atoms with E-state index in [-0.39, 0.29) is 11.5 Å². The fraction of sp³-hybridized carbons (Fsp3) is 0.367. The highest BCUT2D eigenvalue weighted by Crippen LogP contribution is 2.36. The minimum atomic E-state index is -0.654. The minimum Gasteiger partial charge on any atom is -0.444 e. The zero-order valence-electron chi connectivity index (χ0n) is 24.2. The lowest BCUT2D eigenvalue weighted by atomic mass is 10.00. The average molecular weight is 626 g/mol. The van der Waals surface area contributed by atoms with Gasteiger partial charge in [0.05, 0.1) is 28.8 Å². The average Bonchev–Trinajstić information content (AvgIpc) is 3.47. The molecule has 1 amide bonds. The molecule has 3 heterocycles. The molecule has 11 heteroatoms. The predicted octanol–water partition coefficient (Wildman–Crippen LogP) is 6.23. The van der Waals surface area contributed by atoms with Crippen molar-refractivity contribution in [2.24, 2.45) is 0 Å². The first-order chi connectivity index (χ1) is 19.3. The van der Waals surface area contributed by atoms with E-state index >= 15 is 0 Å². The summed E-state index contributed by atoms with van der Waals surface area (Å²) in [5.74, 6) is 0.219. The maximum atomic E-state index is 14.6. The largest absolute Gasteiger partial charge is 0.444 e. The minimum absolute atomic E-state index is 0.282. The summed E-state index contributed by atoms with van der Waals surface area (Å²) < 4.78 is 26.0. The lowest BCUT2D eigenvalue weighted by Crippen LogP contribution is -2.42. The number of aromatic nitrogens is 4. The lowest BCUT2D eigenvalue weighted by molar-refractivity contribution is 0.0159. The van der Waals surface area contributed by atoms with Gasteiger partial charge in [0.25, 0.3) is 0 Å². The van der Waals surface area contributed by atoms with Gasteiger partial charge in [-0.05, 0) is 98.9 Å². The highest BCUT2D eigenvalue weighted by Gasteiger charge is 2.37. The molecule has 2 aromatic heterocycles. The van der Waals surface area contributed by atoms with Gasteiger partial charge in [0.2, 0.25) is 0 Å². The van der Waals surface area contributed by atoms with Crippen molar-refractivity contribution in [1.82, 2.24) is 23.8 Å². The third-order valence-electron chi connectivity index (χ3n) is 7.24. The van der Waals surface area contributed by atoms with Crippen molar-refractivity contribution in [1.29, 1.82) is 0 Å². The van der Waals surface area contributed by atoms with Gasteiger partial charge in [0, 0.05) is 42.4 Å². The molecule has 0 saturated heterocycles. The predicted molar refractivity (Wildman–Crippen MR) is 160 cm³/mol. The molecule has 0 aliphatic carbocycles. The summed E-state index contributed by atoms with van der Waals surface area (Å²) in [5.41, 5.74) is 3.64. The lowest BCUT2D eigenvalue weighted by Gasteiger charge is -2.34. The summed E-state index contributed by atoms with van der Waals surface area (Å²) >= 11 is 3.52. The molecule has 41 heavy (non-hydrogen) atoms. The molecule has 1 atom stereocenters. The molecule has 5 rings (SSSR count). The second-order valence-electron chi connectivity index (χ2n) is 11.3. The number of imidazole rings is 1. The number of carbonyl (C=O) groups excluding carboxylic acids is 1. The summed E-state index contributed by atoms with van der Waals surface area (Å²) in [5, 5.41) is 8.04. The fourth-order valence-corrected chi connectivity index (χ4v) is 5.71. The molecular formula is C30H34BrFN6O3. The van der Waals surface area contributed by atoms with Crippen LogP contribution >= 0.6 is 15.9 Å². The Labute approximate surface area is 246 Å². The Balaban J connectivity index is 1.71.